The first-order chi connectivity index (χ1) is 69.9. The standard InChI is InChI=1S/C23H25N7O.C22H23N7O.C21H21N7O.2C20H20N4O3/c1-4-27-11-18-7-17(27)13-28(18)16-5-6-22-25-19(9-23(31)29(22)12-16)20-8-21-15(3)24-14(2)10-30(21)26-20;1-13-9-29-20(14(2)23-13)7-19(25-29)18-8-22(30)28-11-15(4-5-21(28)24-18)27-12-16-6-17(27)10-26(16)3;1-12-9-28-19(13(2)23-12)6-18(25-28)17-7-21(29)27-11-15(3-4-20(27)24-17)26-10-14-5-16(26)8-22-14;1-26-17-5-3-14(11-18(17)27-2)16-12-20(25)24-19(22-16)6-4-15(23-24)13-7-9-21-10-8-13;1-26-17-4-3-14(9-18(17)27-2)15-10-20(25)24-12-16(22-11-19(24)23-15)13-5-7-21-8-6-13/h5-6,8-10,12,17-18H,4,7,11,13H2,1-3H3;4-5,7-9,11,16-17H,6,10,12H2,1-3H3;3-4,6-7,9,11,14,16,22H,5,8,10H2,1-2H3;3-7,11-12,21H,8-10H2,1-2H3;3-5,9-12,21H,6-8H2,1-2H3/t17-,18-;16-,17-;14-,16-;;/m000../s1. The number of pyridine rings is 3. The maximum Gasteiger partial charge on any atom is 0.275 e. The minimum absolute atomic E-state index is 0.0931. The van der Waals surface area contributed by atoms with Crippen LogP contribution in [0, 0.1) is 41.5 Å². The fourth-order valence-electron chi connectivity index (χ4n) is 21.3. The molecule has 0 amide bonds. The summed E-state index contributed by atoms with van der Waals surface area (Å²) in [4.78, 5) is 118. The van der Waals surface area contributed by atoms with Crippen LogP contribution in [0.2, 0.25) is 0 Å². The molecule has 0 radical (unpaired) electrons. The number of rotatable bonds is 15. The molecule has 26 rings (SSSR count). The summed E-state index contributed by atoms with van der Waals surface area (Å²) in [5.74, 6) is 2.42. The average Bonchev–Trinajstić information content (AvgIpc) is 1.64. The van der Waals surface area contributed by atoms with Crippen molar-refractivity contribution in [2.24, 2.45) is 0 Å². The number of hydrogen-bond acceptors (Lipinski definition) is 30. The molecule has 38 nitrogen and oxygen atoms in total. The number of fused-ring (bicyclic) bond motifs is 14. The Hall–Kier alpha value is -16.2. The molecule has 6 atom stereocenters. The molecule has 0 saturated carbocycles. The van der Waals surface area contributed by atoms with Gasteiger partial charge in [-0.3, -0.25) is 71.3 Å². The lowest BCUT2D eigenvalue weighted by Gasteiger charge is -2.35. The second-order valence-corrected chi connectivity index (χ2v) is 37.8. The highest BCUT2D eigenvalue weighted by atomic mass is 16.5. The lowest BCUT2D eigenvalue weighted by molar-refractivity contribution is 0.251. The molecule has 6 bridgehead atoms. The molecule has 0 aliphatic carbocycles. The van der Waals surface area contributed by atoms with Crippen LogP contribution >= 0.6 is 0 Å². The van der Waals surface area contributed by atoms with Gasteiger partial charge in [-0.1, -0.05) is 19.1 Å². The van der Waals surface area contributed by atoms with Crippen molar-refractivity contribution >= 4 is 73.0 Å². The van der Waals surface area contributed by atoms with E-state index in [0.717, 1.165) is 186 Å². The zero-order valence-electron chi connectivity index (χ0n) is 82.1. The fourth-order valence-corrected chi connectivity index (χ4v) is 21.3. The van der Waals surface area contributed by atoms with Gasteiger partial charge in [0.25, 0.3) is 27.8 Å². The molecule has 0 unspecified atom stereocenters. The molecular weight excluding hydrogens is 1820 g/mol. The van der Waals surface area contributed by atoms with Crippen LogP contribution in [0.25, 0.3) is 113 Å². The first-order valence-electron chi connectivity index (χ1n) is 48.6. The summed E-state index contributed by atoms with van der Waals surface area (Å²) in [7, 11) is 8.51. The molecule has 18 aromatic rings. The average molecular weight is 1930 g/mol. The highest BCUT2D eigenvalue weighted by Gasteiger charge is 2.44. The predicted octanol–water partition coefficient (Wildman–Crippen LogP) is 10.1. The van der Waals surface area contributed by atoms with Crippen LogP contribution in [0.3, 0.4) is 0 Å². The fraction of sp³-hybridized carbons (Fsp3) is 0.321. The largest absolute Gasteiger partial charge is 0.493 e. The molecule has 16 aromatic heterocycles. The van der Waals surface area contributed by atoms with Crippen molar-refractivity contribution in [3.05, 3.63) is 293 Å². The number of nitrogens with zero attached hydrogens (tertiary/aromatic N) is 26. The number of aromatic nitrogens is 21. The van der Waals surface area contributed by atoms with Crippen LogP contribution in [-0.2, 0) is 0 Å². The summed E-state index contributed by atoms with van der Waals surface area (Å²) in [6.07, 6.45) is 24.4. The van der Waals surface area contributed by atoms with Crippen molar-refractivity contribution < 1.29 is 18.9 Å². The molecule has 3 N–H and O–H groups in total. The van der Waals surface area contributed by atoms with Crippen LogP contribution in [0.1, 0.15) is 84.6 Å². The summed E-state index contributed by atoms with van der Waals surface area (Å²) >= 11 is 0. The first-order valence-corrected chi connectivity index (χ1v) is 48.6. The number of ether oxygens (including phenoxy) is 4. The topological polar surface area (TPSA) is 377 Å². The van der Waals surface area contributed by atoms with Crippen molar-refractivity contribution in [2.75, 3.05) is 122 Å². The van der Waals surface area contributed by atoms with E-state index in [9.17, 15) is 24.0 Å². The molecule has 8 aliphatic heterocycles. The number of aryl methyl sites for hydroxylation is 6. The molecule has 38 heteroatoms. The first kappa shape index (κ1) is 92.8. The van der Waals surface area contributed by atoms with Crippen LogP contribution in [-0.4, -0.2) is 254 Å². The van der Waals surface area contributed by atoms with E-state index in [2.05, 4.69) is 135 Å². The molecule has 2 aromatic carbocycles. The highest BCUT2D eigenvalue weighted by molar-refractivity contribution is 5.74. The number of hydrogen-bond donors (Lipinski definition) is 3. The number of nitrogens with one attached hydrogen (secondary N) is 3. The van der Waals surface area contributed by atoms with E-state index in [0.29, 0.717) is 133 Å². The third kappa shape index (κ3) is 18.0. The Morgan fingerprint density at radius 1 is 0.361 bits per heavy atom. The number of likely N-dealkylation sites (tertiary alicyclic amines) is 2. The Kier molecular flexibility index (Phi) is 24.7. The van der Waals surface area contributed by atoms with Crippen LogP contribution in [0.15, 0.2) is 219 Å². The van der Waals surface area contributed by atoms with E-state index in [-0.39, 0.29) is 27.8 Å². The quantitative estimate of drug-likeness (QED) is 0.0858. The zero-order chi connectivity index (χ0) is 99.1. The Labute approximate surface area is 825 Å². The smallest absolute Gasteiger partial charge is 0.275 e. The molecule has 6 fully saturated rings. The van der Waals surface area contributed by atoms with E-state index in [4.69, 9.17) is 33.9 Å². The molecule has 24 heterocycles. The zero-order valence-corrected chi connectivity index (χ0v) is 82.1. The van der Waals surface area contributed by atoms with Gasteiger partial charge in [-0.15, -0.1) is 0 Å². The second kappa shape index (κ2) is 38.4. The van der Waals surface area contributed by atoms with E-state index >= 15 is 0 Å². The van der Waals surface area contributed by atoms with Gasteiger partial charge in [-0.2, -0.15) is 24.9 Å². The summed E-state index contributed by atoms with van der Waals surface area (Å²) < 4.78 is 34.4. The number of methoxy groups -OCH3 is 4. The maximum atomic E-state index is 13.0. The Morgan fingerprint density at radius 3 is 1.20 bits per heavy atom. The highest BCUT2D eigenvalue weighted by Crippen LogP contribution is 2.39. The maximum absolute atomic E-state index is 13.0. The molecular formula is C106H109N29O9. The number of piperazine rings is 3. The van der Waals surface area contributed by atoms with Crippen molar-refractivity contribution in [2.45, 2.75) is 117 Å². The van der Waals surface area contributed by atoms with E-state index in [1.807, 2.05) is 144 Å². The Balaban J connectivity index is 0.000000103. The van der Waals surface area contributed by atoms with Crippen LogP contribution in [0.5, 0.6) is 23.0 Å². The van der Waals surface area contributed by atoms with Crippen molar-refractivity contribution in [3.63, 3.8) is 0 Å². The van der Waals surface area contributed by atoms with E-state index in [1.165, 1.54) is 40.3 Å². The molecule has 0 spiro atoms. The second-order valence-electron chi connectivity index (χ2n) is 37.8. The summed E-state index contributed by atoms with van der Waals surface area (Å²) in [5, 5.41) is 28.4. The minimum Gasteiger partial charge on any atom is -0.493 e. The Bertz CT molecular complexity index is 8370. The van der Waals surface area contributed by atoms with Gasteiger partial charge in [0.05, 0.1) is 161 Å². The summed E-state index contributed by atoms with van der Waals surface area (Å²) in [6.45, 7) is 24.7. The molecule has 8 aliphatic rings. The number of benzene rings is 2. The van der Waals surface area contributed by atoms with Gasteiger partial charge in [0.15, 0.2) is 34.3 Å². The van der Waals surface area contributed by atoms with Gasteiger partial charge in [0, 0.05) is 155 Å². The van der Waals surface area contributed by atoms with Gasteiger partial charge >= 0.3 is 0 Å². The molecule has 732 valence electrons. The number of anilines is 3. The molecule has 6 saturated heterocycles. The Morgan fingerprint density at radius 2 is 0.785 bits per heavy atom. The minimum atomic E-state index is -0.221. The van der Waals surface area contributed by atoms with Gasteiger partial charge in [0.2, 0.25) is 0 Å². The van der Waals surface area contributed by atoms with Crippen LogP contribution in [0.4, 0.5) is 17.1 Å². The normalized spacial score (nSPS) is 18.5. The van der Waals surface area contributed by atoms with E-state index in [1.54, 1.807) is 106 Å². The van der Waals surface area contributed by atoms with Gasteiger partial charge in [-0.25, -0.2) is 38.5 Å². The summed E-state index contributed by atoms with van der Waals surface area (Å²) in [5.41, 5.74) is 24.0. The van der Waals surface area contributed by atoms with Gasteiger partial charge < -0.3 is 49.6 Å². The monoisotopic (exact) mass is 1930 g/mol. The predicted molar refractivity (Wildman–Crippen MR) is 552 cm³/mol. The third-order valence-corrected chi connectivity index (χ3v) is 28.5. The van der Waals surface area contributed by atoms with Crippen molar-refractivity contribution in [1.82, 2.24) is 127 Å². The molecule has 144 heavy (non-hydrogen) atoms. The van der Waals surface area contributed by atoms with Gasteiger partial charge in [-0.05, 0) is 215 Å². The van der Waals surface area contributed by atoms with Crippen molar-refractivity contribution in [3.8, 4) is 79.7 Å². The number of likely N-dealkylation sites (N-methyl/N-ethyl adjacent to an activating group) is 2. The van der Waals surface area contributed by atoms with E-state index < -0.39 is 0 Å². The SMILES string of the molecule is CCN1C[C@@H]2C[C@H]1CN2c1ccc2nc(-c3cc4c(C)nc(C)cn4n3)cc(=O)n2c1.COc1ccc(-c2cc(=O)n3cc(C4=CCNCC4)ncc3n2)cc1OC.COc1ccc(-c2cc(=O)n3nc(C4=CCNCC4)ccc3n2)cc1OC.Cc1cn2nc(-c3cc(=O)n4cc(N5C[C@@H]6C[C@H]5CN6)ccc4n3)cc2c(C)n1.Cc1cn2nc(-c3cc(=O)n4cc(N5C[C@@H]6C[C@H]5CN6C)ccc4n3)cc2c(C)n1. The van der Waals surface area contributed by atoms with Crippen molar-refractivity contribution in [1.29, 1.82) is 0 Å². The summed E-state index contributed by atoms with van der Waals surface area (Å²) in [6, 6.07) is 43.5. The lowest BCUT2D eigenvalue weighted by Crippen LogP contribution is -2.46. The third-order valence-electron chi connectivity index (χ3n) is 28.5. The lowest BCUT2D eigenvalue weighted by atomic mass is 10.1. The van der Waals surface area contributed by atoms with Gasteiger partial charge in [0.1, 0.15) is 34.0 Å². The van der Waals surface area contributed by atoms with Crippen LogP contribution < -0.4 is 77.4 Å².